The number of aliphatic imine (C=N–C) groups is 1. The largest absolute Gasteiger partial charge is 2.00 e. The van der Waals surface area contributed by atoms with Gasteiger partial charge in [0.1, 0.15) is 18.7 Å². The Bertz CT molecular complexity index is 563. The standard InChI is InChI=1S/C14H20N2O2.2C2H4O2.Cu/c1-5-7-17-14-11(3)8-13(9-12(14)4)15-10-16-18-6-2;2*1-2(3)4;/h5,8-10H,1,6-7H2,2-4H3,(H,15,16);2*1H3,(H,3,4);/q;;;+2/p-2. The summed E-state index contributed by atoms with van der Waals surface area (Å²) in [7, 11) is 0. The number of rotatable bonds is 7. The van der Waals surface area contributed by atoms with Crippen molar-refractivity contribution >= 4 is 24.0 Å². The molecule has 1 aromatic rings. The summed E-state index contributed by atoms with van der Waals surface area (Å²) in [5, 5.41) is 17.8. The van der Waals surface area contributed by atoms with Crippen molar-refractivity contribution in [2.24, 2.45) is 4.99 Å². The molecule has 8 nitrogen and oxygen atoms in total. The summed E-state index contributed by atoms with van der Waals surface area (Å²) < 4.78 is 5.60. The molecule has 27 heavy (non-hydrogen) atoms. The van der Waals surface area contributed by atoms with Crippen molar-refractivity contribution in [1.29, 1.82) is 0 Å². The second kappa shape index (κ2) is 18.4. The van der Waals surface area contributed by atoms with Crippen LogP contribution < -0.4 is 20.4 Å². The molecule has 1 N–H and O–H groups in total. The number of hydrogen-bond acceptors (Lipinski definition) is 7. The van der Waals surface area contributed by atoms with Gasteiger partial charge in [-0.2, -0.15) is 0 Å². The predicted molar refractivity (Wildman–Crippen MR) is 95.9 cm³/mol. The zero-order valence-electron chi connectivity index (χ0n) is 16.1. The molecule has 0 aromatic heterocycles. The van der Waals surface area contributed by atoms with Gasteiger partial charge in [-0.1, -0.05) is 12.7 Å². The molecule has 0 saturated heterocycles. The van der Waals surface area contributed by atoms with Crippen LogP contribution in [0, 0.1) is 13.8 Å². The van der Waals surface area contributed by atoms with Crippen molar-refractivity contribution in [3.63, 3.8) is 0 Å². The number of carboxylic acids is 2. The smallest absolute Gasteiger partial charge is 0.550 e. The minimum Gasteiger partial charge on any atom is -0.550 e. The van der Waals surface area contributed by atoms with Crippen molar-refractivity contribution in [1.82, 2.24) is 5.48 Å². The second-order valence-corrected chi connectivity index (χ2v) is 4.80. The first kappa shape index (κ1) is 29.4. The van der Waals surface area contributed by atoms with Crippen LogP contribution in [0.5, 0.6) is 5.75 Å². The monoisotopic (exact) mass is 429 g/mol. The number of carbonyl (C=O) groups excluding carboxylic acids is 2. The predicted octanol–water partition coefficient (Wildman–Crippen LogP) is 0.579. The normalized spacial score (nSPS) is 8.93. The minimum atomic E-state index is -1.08. The molecule has 0 amide bonds. The molecule has 0 heterocycles. The van der Waals surface area contributed by atoms with E-state index in [1.165, 1.54) is 6.34 Å². The van der Waals surface area contributed by atoms with Crippen LogP contribution in [-0.2, 0) is 31.5 Å². The third kappa shape index (κ3) is 19.8. The Morgan fingerprint density at radius 2 is 1.63 bits per heavy atom. The summed E-state index contributed by atoms with van der Waals surface area (Å²) >= 11 is 0. The molecule has 0 unspecified atom stereocenters. The fraction of sp³-hybridized carbons (Fsp3) is 0.389. The maximum Gasteiger partial charge on any atom is 2.00 e. The first-order valence-corrected chi connectivity index (χ1v) is 7.75. The van der Waals surface area contributed by atoms with Crippen LogP contribution in [-0.4, -0.2) is 31.5 Å². The van der Waals surface area contributed by atoms with E-state index in [1.54, 1.807) is 6.08 Å². The van der Waals surface area contributed by atoms with Crippen molar-refractivity contribution in [2.75, 3.05) is 13.2 Å². The van der Waals surface area contributed by atoms with Gasteiger partial charge in [-0.3, -0.25) is 10.3 Å². The van der Waals surface area contributed by atoms with E-state index >= 15 is 0 Å². The van der Waals surface area contributed by atoms with E-state index in [4.69, 9.17) is 29.4 Å². The second-order valence-electron chi connectivity index (χ2n) is 4.80. The maximum atomic E-state index is 8.89. The van der Waals surface area contributed by atoms with Crippen LogP contribution >= 0.6 is 0 Å². The number of carboxylic acid groups (broad SMARTS) is 2. The van der Waals surface area contributed by atoms with E-state index < -0.39 is 11.9 Å². The van der Waals surface area contributed by atoms with Gasteiger partial charge in [-0.05, 0) is 57.9 Å². The van der Waals surface area contributed by atoms with Crippen LogP contribution in [0.15, 0.2) is 29.8 Å². The quantitative estimate of drug-likeness (QED) is 0.168. The van der Waals surface area contributed by atoms with E-state index in [0.717, 1.165) is 36.4 Å². The molecule has 0 aliphatic rings. The number of nitrogens with one attached hydrogen (secondary N) is 1. The molecule has 0 atom stereocenters. The molecular weight excluding hydrogens is 404 g/mol. The van der Waals surface area contributed by atoms with Gasteiger partial charge < -0.3 is 24.5 Å². The molecule has 9 heteroatoms. The van der Waals surface area contributed by atoms with Crippen molar-refractivity contribution < 1.29 is 46.4 Å². The summed E-state index contributed by atoms with van der Waals surface area (Å²) in [4.78, 5) is 27.0. The van der Waals surface area contributed by atoms with Gasteiger partial charge in [0, 0.05) is 11.9 Å². The van der Waals surface area contributed by atoms with Gasteiger partial charge in [0.15, 0.2) is 0 Å². The molecule has 0 aliphatic carbocycles. The van der Waals surface area contributed by atoms with Crippen LogP contribution in [0.2, 0.25) is 0 Å². The fourth-order valence-corrected chi connectivity index (χ4v) is 1.59. The summed E-state index contributed by atoms with van der Waals surface area (Å²) in [5.74, 6) is -1.27. The number of aryl methyl sites for hydroxylation is 2. The topological polar surface area (TPSA) is 123 Å². The average molecular weight is 430 g/mol. The summed E-state index contributed by atoms with van der Waals surface area (Å²) in [6.45, 7) is 12.6. The molecule has 155 valence electrons. The number of ether oxygens (including phenoxy) is 1. The molecule has 0 spiro atoms. The molecule has 1 rings (SSSR count). The van der Waals surface area contributed by atoms with E-state index in [0.29, 0.717) is 13.2 Å². The Morgan fingerprint density at radius 3 is 2.00 bits per heavy atom. The number of carbonyl (C=O) groups is 2. The van der Waals surface area contributed by atoms with E-state index in [1.807, 2.05) is 32.9 Å². The molecule has 0 aliphatic heterocycles. The summed E-state index contributed by atoms with van der Waals surface area (Å²) in [6.07, 6.45) is 3.26. The third-order valence-electron chi connectivity index (χ3n) is 2.28. The Kier molecular flexibility index (Phi) is 20.1. The Labute approximate surface area is 170 Å². The third-order valence-corrected chi connectivity index (χ3v) is 2.28. The van der Waals surface area contributed by atoms with Crippen molar-refractivity contribution in [3.8, 4) is 5.75 Å². The molecule has 1 aromatic carbocycles. The first-order valence-electron chi connectivity index (χ1n) is 7.75. The summed E-state index contributed by atoms with van der Waals surface area (Å²) in [5.41, 5.74) is 5.61. The van der Waals surface area contributed by atoms with Gasteiger partial charge in [-0.15, -0.1) is 0 Å². The molecule has 1 radical (unpaired) electrons. The number of benzene rings is 1. The average Bonchev–Trinajstić information content (AvgIpc) is 2.50. The number of hydrogen-bond donors (Lipinski definition) is 1. The molecule has 0 bridgehead atoms. The van der Waals surface area contributed by atoms with Crippen LogP contribution in [0.25, 0.3) is 0 Å². The van der Waals surface area contributed by atoms with Crippen molar-refractivity contribution in [3.05, 3.63) is 35.9 Å². The number of nitrogens with zero attached hydrogens (tertiary/aromatic N) is 1. The maximum absolute atomic E-state index is 8.89. The number of aliphatic carboxylic acids is 2. The van der Waals surface area contributed by atoms with Gasteiger partial charge in [0.2, 0.25) is 0 Å². The fourth-order valence-electron chi connectivity index (χ4n) is 1.59. The molecular formula is C18H26CuN2O6. The molecule has 0 fully saturated rings. The van der Waals surface area contributed by atoms with E-state index in [9.17, 15) is 0 Å². The Hall–Kier alpha value is -2.35. The van der Waals surface area contributed by atoms with Crippen LogP contribution in [0.3, 0.4) is 0 Å². The van der Waals surface area contributed by atoms with E-state index in [2.05, 4.69) is 17.1 Å². The Morgan fingerprint density at radius 1 is 1.19 bits per heavy atom. The zero-order chi connectivity index (χ0) is 20.5. The molecule has 0 saturated carbocycles. The van der Waals surface area contributed by atoms with Gasteiger partial charge in [0.25, 0.3) is 0 Å². The van der Waals surface area contributed by atoms with Crippen molar-refractivity contribution in [2.45, 2.75) is 34.6 Å². The van der Waals surface area contributed by atoms with Gasteiger partial charge in [-0.25, -0.2) is 4.99 Å². The SMILES string of the molecule is C=CCOc1c(C)cc(N=CNOCC)cc1C.CC(=O)[O-].CC(=O)[O-].[Cu+2]. The van der Waals surface area contributed by atoms with E-state index in [-0.39, 0.29) is 17.1 Å². The first-order chi connectivity index (χ1) is 12.1. The minimum absolute atomic E-state index is 0. The van der Waals surface area contributed by atoms with Crippen LogP contribution in [0.4, 0.5) is 5.69 Å². The zero-order valence-corrected chi connectivity index (χ0v) is 17.1. The Balaban J connectivity index is -0.000000543. The summed E-state index contributed by atoms with van der Waals surface area (Å²) in [6, 6.07) is 3.94. The van der Waals surface area contributed by atoms with Gasteiger partial charge in [0.05, 0.1) is 12.3 Å². The number of hydroxylamine groups is 1. The van der Waals surface area contributed by atoms with Crippen LogP contribution in [0.1, 0.15) is 31.9 Å². The van der Waals surface area contributed by atoms with Gasteiger partial charge >= 0.3 is 17.1 Å².